The smallest absolute Gasteiger partial charge is 0.228 e. The van der Waals surface area contributed by atoms with E-state index in [4.69, 9.17) is 14.2 Å². The van der Waals surface area contributed by atoms with Crippen LogP contribution in [0.1, 0.15) is 31.4 Å². The highest BCUT2D eigenvalue weighted by atomic mass is 16.6. The predicted molar refractivity (Wildman–Crippen MR) is 143 cm³/mol. The quantitative estimate of drug-likeness (QED) is 0.354. The number of amides is 2. The zero-order valence-corrected chi connectivity index (χ0v) is 22.6. The minimum Gasteiger partial charge on any atom is -0.497 e. The normalized spacial score (nSPS) is 20.6. The summed E-state index contributed by atoms with van der Waals surface area (Å²) < 4.78 is 15.7. The zero-order chi connectivity index (χ0) is 28.0. The van der Waals surface area contributed by atoms with Crippen LogP contribution in [0.15, 0.2) is 54.6 Å². The Morgan fingerprint density at radius 3 is 2.18 bits per heavy atom. The Morgan fingerprint density at radius 2 is 1.62 bits per heavy atom. The summed E-state index contributed by atoms with van der Waals surface area (Å²) in [5.41, 5.74) is 0.827. The number of rotatable bonds is 14. The van der Waals surface area contributed by atoms with Crippen molar-refractivity contribution in [2.45, 2.75) is 50.8 Å². The van der Waals surface area contributed by atoms with Crippen LogP contribution in [-0.2, 0) is 41.5 Å². The van der Waals surface area contributed by atoms with E-state index in [1.807, 2.05) is 42.5 Å². The molecule has 0 bridgehead atoms. The molecule has 2 saturated heterocycles. The van der Waals surface area contributed by atoms with Crippen LogP contribution in [-0.4, -0.2) is 68.0 Å². The highest BCUT2D eigenvalue weighted by molar-refractivity contribution is 5.98. The van der Waals surface area contributed by atoms with Gasteiger partial charge in [0, 0.05) is 12.3 Å². The van der Waals surface area contributed by atoms with E-state index < -0.39 is 29.5 Å². The topological polar surface area (TPSA) is 123 Å². The van der Waals surface area contributed by atoms with Gasteiger partial charge in [-0.1, -0.05) is 42.5 Å². The SMILES string of the molecule is COc1ccc(CC(CC(=O)C(C)NC(=O)C2COC2)C(=O)NC(Cc2ccccc2)C(=O)C2(C)CO2)cc1. The first-order valence-corrected chi connectivity index (χ1v) is 13.2. The van der Waals surface area contributed by atoms with Gasteiger partial charge in [0.05, 0.1) is 44.9 Å². The first-order chi connectivity index (χ1) is 18.7. The molecule has 0 spiro atoms. The maximum absolute atomic E-state index is 13.7. The van der Waals surface area contributed by atoms with E-state index >= 15 is 0 Å². The highest BCUT2D eigenvalue weighted by Gasteiger charge is 2.50. The van der Waals surface area contributed by atoms with Crippen LogP contribution in [0.3, 0.4) is 0 Å². The number of hydrogen-bond acceptors (Lipinski definition) is 7. The van der Waals surface area contributed by atoms with E-state index in [9.17, 15) is 19.2 Å². The lowest BCUT2D eigenvalue weighted by molar-refractivity contribution is -0.141. The van der Waals surface area contributed by atoms with Gasteiger partial charge in [-0.15, -0.1) is 0 Å². The molecule has 2 N–H and O–H groups in total. The van der Waals surface area contributed by atoms with E-state index in [1.165, 1.54) is 0 Å². The number of methoxy groups -OCH3 is 1. The number of ether oxygens (including phenoxy) is 3. The van der Waals surface area contributed by atoms with E-state index in [2.05, 4.69) is 10.6 Å². The highest BCUT2D eigenvalue weighted by Crippen LogP contribution is 2.29. The maximum Gasteiger partial charge on any atom is 0.228 e. The molecule has 9 heteroatoms. The minimum absolute atomic E-state index is 0.0967. The summed E-state index contributed by atoms with van der Waals surface area (Å²) in [6.45, 7) is 4.33. The third-order valence-electron chi connectivity index (χ3n) is 7.32. The van der Waals surface area contributed by atoms with Crippen molar-refractivity contribution in [2.24, 2.45) is 11.8 Å². The standard InChI is InChI=1S/C30H36N2O7/c1-19(31-29(36)23-16-38-17-23)26(33)15-22(13-21-9-11-24(37-3)12-10-21)28(35)32-25(27(34)30(2)18-39-30)14-20-7-5-4-6-8-20/h4-12,19,22-23,25H,13-18H2,1-3H3,(H,31,36)(H,32,35). The molecule has 4 atom stereocenters. The van der Waals surface area contributed by atoms with Crippen LogP contribution in [0.25, 0.3) is 0 Å². The van der Waals surface area contributed by atoms with Crippen molar-refractivity contribution in [1.82, 2.24) is 10.6 Å². The van der Waals surface area contributed by atoms with Crippen LogP contribution in [0.2, 0.25) is 0 Å². The molecule has 2 aromatic carbocycles. The molecule has 0 aliphatic carbocycles. The lowest BCUT2D eigenvalue weighted by Crippen LogP contribution is -2.50. The van der Waals surface area contributed by atoms with Gasteiger partial charge in [0.1, 0.15) is 11.4 Å². The molecule has 9 nitrogen and oxygen atoms in total. The number of hydrogen-bond donors (Lipinski definition) is 2. The maximum atomic E-state index is 13.7. The van der Waals surface area contributed by atoms with Gasteiger partial charge in [-0.3, -0.25) is 19.2 Å². The zero-order valence-electron chi connectivity index (χ0n) is 22.6. The Kier molecular flexibility index (Phi) is 9.14. The van der Waals surface area contributed by atoms with Crippen molar-refractivity contribution in [1.29, 1.82) is 0 Å². The number of nitrogens with one attached hydrogen (secondary N) is 2. The predicted octanol–water partition coefficient (Wildman–Crippen LogP) is 2.05. The van der Waals surface area contributed by atoms with Crippen molar-refractivity contribution >= 4 is 23.4 Å². The average Bonchev–Trinajstić information content (AvgIpc) is 3.65. The molecular weight excluding hydrogens is 500 g/mol. The third-order valence-corrected chi connectivity index (χ3v) is 7.32. The molecule has 2 fully saturated rings. The lowest BCUT2D eigenvalue weighted by atomic mass is 9.89. The van der Waals surface area contributed by atoms with Gasteiger partial charge in [0.25, 0.3) is 0 Å². The van der Waals surface area contributed by atoms with Gasteiger partial charge >= 0.3 is 0 Å². The number of carbonyl (C=O) groups excluding carboxylic acids is 4. The molecule has 2 heterocycles. The van der Waals surface area contributed by atoms with E-state index in [-0.39, 0.29) is 36.2 Å². The van der Waals surface area contributed by atoms with Gasteiger partial charge in [-0.2, -0.15) is 0 Å². The van der Waals surface area contributed by atoms with Crippen molar-refractivity contribution in [3.63, 3.8) is 0 Å². The fourth-order valence-corrected chi connectivity index (χ4v) is 4.49. The first kappa shape index (κ1) is 28.4. The molecule has 208 valence electrons. The Labute approximate surface area is 228 Å². The molecular formula is C30H36N2O7. The van der Waals surface area contributed by atoms with Crippen LogP contribution < -0.4 is 15.4 Å². The fraction of sp³-hybridized carbons (Fsp3) is 0.467. The number of epoxide rings is 1. The molecule has 0 saturated carbocycles. The molecule has 39 heavy (non-hydrogen) atoms. The molecule has 2 amide bonds. The minimum atomic E-state index is -0.919. The molecule has 2 aliphatic heterocycles. The Bertz CT molecular complexity index is 1170. The fourth-order valence-electron chi connectivity index (χ4n) is 4.49. The van der Waals surface area contributed by atoms with Crippen LogP contribution in [0.4, 0.5) is 0 Å². The Hall–Kier alpha value is -3.56. The second-order valence-corrected chi connectivity index (χ2v) is 10.5. The van der Waals surface area contributed by atoms with Crippen LogP contribution in [0.5, 0.6) is 5.75 Å². The summed E-state index contributed by atoms with van der Waals surface area (Å²) in [6, 6.07) is 15.2. The average molecular weight is 537 g/mol. The van der Waals surface area contributed by atoms with Gasteiger partial charge in [-0.25, -0.2) is 0 Å². The Morgan fingerprint density at radius 1 is 0.974 bits per heavy atom. The largest absolute Gasteiger partial charge is 0.497 e. The first-order valence-electron chi connectivity index (χ1n) is 13.2. The van der Waals surface area contributed by atoms with E-state index in [1.54, 1.807) is 33.1 Å². The van der Waals surface area contributed by atoms with E-state index in [0.29, 0.717) is 32.0 Å². The van der Waals surface area contributed by atoms with Gasteiger partial charge in [-0.05, 0) is 49.9 Å². The van der Waals surface area contributed by atoms with E-state index in [0.717, 1.165) is 11.1 Å². The van der Waals surface area contributed by atoms with Gasteiger partial charge in [0.15, 0.2) is 11.6 Å². The second kappa shape index (κ2) is 12.5. The van der Waals surface area contributed by atoms with Crippen LogP contribution in [0, 0.1) is 11.8 Å². The summed E-state index contributed by atoms with van der Waals surface area (Å²) in [5.74, 6) is -1.42. The van der Waals surface area contributed by atoms with Gasteiger partial charge < -0.3 is 24.8 Å². The van der Waals surface area contributed by atoms with Crippen LogP contribution >= 0.6 is 0 Å². The molecule has 4 unspecified atom stereocenters. The number of Topliss-reactive ketones (excluding diaryl/α,β-unsaturated/α-hetero) is 2. The van der Waals surface area contributed by atoms with Crippen molar-refractivity contribution < 1.29 is 33.4 Å². The summed E-state index contributed by atoms with van der Waals surface area (Å²) in [4.78, 5) is 52.5. The lowest BCUT2D eigenvalue weighted by Gasteiger charge is -2.27. The second-order valence-electron chi connectivity index (χ2n) is 10.5. The summed E-state index contributed by atoms with van der Waals surface area (Å²) in [7, 11) is 1.57. The van der Waals surface area contributed by atoms with Crippen molar-refractivity contribution in [2.75, 3.05) is 26.9 Å². The molecule has 4 rings (SSSR count). The molecule has 0 radical (unpaired) electrons. The molecule has 2 aliphatic rings. The van der Waals surface area contributed by atoms with Gasteiger partial charge in [0.2, 0.25) is 11.8 Å². The molecule has 0 aromatic heterocycles. The third kappa shape index (κ3) is 7.52. The number of carbonyl (C=O) groups is 4. The monoisotopic (exact) mass is 536 g/mol. The van der Waals surface area contributed by atoms with Crippen molar-refractivity contribution in [3.05, 3.63) is 65.7 Å². The number of ketones is 2. The number of benzene rings is 2. The summed E-state index contributed by atoms with van der Waals surface area (Å²) in [6.07, 6.45) is 0.489. The van der Waals surface area contributed by atoms with Crippen molar-refractivity contribution in [3.8, 4) is 5.75 Å². The summed E-state index contributed by atoms with van der Waals surface area (Å²) >= 11 is 0. The summed E-state index contributed by atoms with van der Waals surface area (Å²) in [5, 5.41) is 5.66. The Balaban J connectivity index is 1.50. The molecule has 2 aromatic rings.